The Labute approximate surface area is 119 Å². The average Bonchev–Trinajstić information content (AvgIpc) is 2.47. The number of Topliss-reactive ketones (excluding diaryl/α,β-unsaturated/α-hetero) is 1. The summed E-state index contributed by atoms with van der Waals surface area (Å²) in [5.41, 5.74) is 0.667. The molecule has 0 radical (unpaired) electrons. The fourth-order valence-electron chi connectivity index (χ4n) is 1.92. The molecule has 0 aliphatic heterocycles. The third-order valence-corrected chi connectivity index (χ3v) is 3.10. The van der Waals surface area contributed by atoms with Crippen LogP contribution in [-0.2, 0) is 0 Å². The Hall–Kier alpha value is -2.61. The van der Waals surface area contributed by atoms with E-state index in [-0.39, 0.29) is 0 Å². The van der Waals surface area contributed by atoms with Crippen LogP contribution in [0.5, 0.6) is 0 Å². The minimum absolute atomic E-state index is 0.372. The van der Waals surface area contributed by atoms with Gasteiger partial charge in [-0.05, 0) is 24.6 Å². The lowest BCUT2D eigenvalue weighted by Gasteiger charge is -2.10. The molecule has 21 heavy (non-hydrogen) atoms. The molecule has 2 aromatic rings. The molecule has 0 amide bonds. The lowest BCUT2D eigenvalue weighted by atomic mass is 9.91. The van der Waals surface area contributed by atoms with E-state index in [2.05, 4.69) is 0 Å². The number of rotatable bonds is 3. The molecule has 0 bridgehead atoms. The van der Waals surface area contributed by atoms with Gasteiger partial charge in [0.15, 0.2) is 23.2 Å². The van der Waals surface area contributed by atoms with Crippen molar-refractivity contribution in [2.24, 2.45) is 0 Å². The van der Waals surface area contributed by atoms with E-state index in [1.807, 2.05) is 6.92 Å². The van der Waals surface area contributed by atoms with E-state index in [9.17, 15) is 18.0 Å². The van der Waals surface area contributed by atoms with E-state index in [4.69, 9.17) is 5.26 Å². The van der Waals surface area contributed by atoms with E-state index in [1.54, 1.807) is 30.3 Å². The highest BCUT2D eigenvalue weighted by Crippen LogP contribution is 2.24. The summed E-state index contributed by atoms with van der Waals surface area (Å²) >= 11 is 0. The number of carbonyl (C=O) groups is 1. The molecule has 0 heterocycles. The van der Waals surface area contributed by atoms with Crippen molar-refractivity contribution in [3.63, 3.8) is 0 Å². The van der Waals surface area contributed by atoms with E-state index in [0.29, 0.717) is 11.6 Å². The molecule has 0 aromatic heterocycles. The molecule has 0 saturated carbocycles. The van der Waals surface area contributed by atoms with Gasteiger partial charge in [-0.1, -0.05) is 29.8 Å². The van der Waals surface area contributed by atoms with Gasteiger partial charge in [0.2, 0.25) is 0 Å². The number of carbonyl (C=O) groups excluding carboxylic acids is 1. The van der Waals surface area contributed by atoms with Crippen LogP contribution in [0.2, 0.25) is 0 Å². The summed E-state index contributed by atoms with van der Waals surface area (Å²) in [6.07, 6.45) is 0. The van der Waals surface area contributed by atoms with Crippen molar-refractivity contribution >= 4 is 5.78 Å². The Morgan fingerprint density at radius 1 is 1.05 bits per heavy atom. The SMILES string of the molecule is Cc1ccc(C(C#N)C(=O)c2ccc(F)c(F)c2F)cc1. The number of aryl methyl sites for hydroxylation is 1. The first kappa shape index (κ1) is 14.8. The minimum atomic E-state index is -1.72. The number of nitriles is 1. The smallest absolute Gasteiger partial charge is 0.195 e. The Kier molecular flexibility index (Phi) is 4.08. The van der Waals surface area contributed by atoms with Crippen LogP contribution >= 0.6 is 0 Å². The number of hydrogen-bond acceptors (Lipinski definition) is 2. The van der Waals surface area contributed by atoms with Gasteiger partial charge in [-0.15, -0.1) is 0 Å². The monoisotopic (exact) mass is 289 g/mol. The molecular formula is C16H10F3NO. The standard InChI is InChI=1S/C16H10F3NO/c1-9-2-4-10(5-3-9)12(8-20)16(21)11-6-7-13(17)15(19)14(11)18/h2-7,12H,1H3. The highest BCUT2D eigenvalue weighted by molar-refractivity contribution is 6.03. The first-order valence-electron chi connectivity index (χ1n) is 6.09. The molecule has 1 unspecified atom stereocenters. The fourth-order valence-corrected chi connectivity index (χ4v) is 1.92. The summed E-state index contributed by atoms with van der Waals surface area (Å²) in [7, 11) is 0. The van der Waals surface area contributed by atoms with Gasteiger partial charge in [-0.3, -0.25) is 4.79 Å². The Morgan fingerprint density at radius 2 is 1.67 bits per heavy atom. The van der Waals surface area contributed by atoms with Crippen molar-refractivity contribution < 1.29 is 18.0 Å². The van der Waals surface area contributed by atoms with Gasteiger partial charge in [0.25, 0.3) is 0 Å². The predicted molar refractivity (Wildman–Crippen MR) is 70.2 cm³/mol. The van der Waals surface area contributed by atoms with Crippen LogP contribution < -0.4 is 0 Å². The van der Waals surface area contributed by atoms with Crippen LogP contribution in [0.3, 0.4) is 0 Å². The lowest BCUT2D eigenvalue weighted by molar-refractivity contribution is 0.0973. The van der Waals surface area contributed by atoms with Crippen LogP contribution in [0.1, 0.15) is 27.4 Å². The molecule has 0 N–H and O–H groups in total. The van der Waals surface area contributed by atoms with E-state index in [1.165, 1.54) is 0 Å². The molecule has 0 aliphatic carbocycles. The summed E-state index contributed by atoms with van der Waals surface area (Å²) in [5, 5.41) is 9.13. The van der Waals surface area contributed by atoms with Gasteiger partial charge in [0.1, 0.15) is 5.92 Å². The fraction of sp³-hybridized carbons (Fsp3) is 0.125. The molecule has 0 saturated heterocycles. The summed E-state index contributed by atoms with van der Waals surface area (Å²) in [6, 6.07) is 9.81. The van der Waals surface area contributed by atoms with Crippen LogP contribution in [-0.4, -0.2) is 5.78 Å². The molecule has 0 aliphatic rings. The van der Waals surface area contributed by atoms with Gasteiger partial charge < -0.3 is 0 Å². The van der Waals surface area contributed by atoms with Crippen molar-refractivity contribution in [1.82, 2.24) is 0 Å². The highest BCUT2D eigenvalue weighted by atomic mass is 19.2. The van der Waals surface area contributed by atoms with Crippen molar-refractivity contribution in [2.45, 2.75) is 12.8 Å². The third-order valence-electron chi connectivity index (χ3n) is 3.10. The number of ketones is 1. The summed E-state index contributed by atoms with van der Waals surface area (Å²) in [4.78, 5) is 12.2. The zero-order valence-corrected chi connectivity index (χ0v) is 11.0. The first-order chi connectivity index (χ1) is 9.95. The Balaban J connectivity index is 2.45. The molecule has 0 spiro atoms. The van der Waals surface area contributed by atoms with Crippen LogP contribution in [0.4, 0.5) is 13.2 Å². The minimum Gasteiger partial charge on any atom is -0.292 e. The number of nitrogens with zero attached hydrogens (tertiary/aromatic N) is 1. The van der Waals surface area contributed by atoms with Gasteiger partial charge in [0, 0.05) is 0 Å². The maximum Gasteiger partial charge on any atom is 0.195 e. The van der Waals surface area contributed by atoms with E-state index >= 15 is 0 Å². The Morgan fingerprint density at radius 3 is 2.24 bits per heavy atom. The molecular weight excluding hydrogens is 279 g/mol. The maximum atomic E-state index is 13.6. The largest absolute Gasteiger partial charge is 0.292 e. The number of hydrogen-bond donors (Lipinski definition) is 0. The maximum absolute atomic E-state index is 13.6. The summed E-state index contributed by atoms with van der Waals surface area (Å²) in [6.45, 7) is 1.84. The summed E-state index contributed by atoms with van der Waals surface area (Å²) < 4.78 is 39.7. The van der Waals surface area contributed by atoms with Gasteiger partial charge in [0.05, 0.1) is 11.6 Å². The molecule has 106 valence electrons. The van der Waals surface area contributed by atoms with Crippen LogP contribution in [0.25, 0.3) is 0 Å². The molecule has 2 aromatic carbocycles. The van der Waals surface area contributed by atoms with Crippen LogP contribution in [0, 0.1) is 35.7 Å². The third kappa shape index (κ3) is 2.79. The lowest BCUT2D eigenvalue weighted by Crippen LogP contribution is -2.14. The second-order valence-corrected chi connectivity index (χ2v) is 4.56. The van der Waals surface area contributed by atoms with E-state index in [0.717, 1.165) is 11.6 Å². The van der Waals surface area contributed by atoms with Gasteiger partial charge in [-0.2, -0.15) is 5.26 Å². The second kappa shape index (κ2) is 5.80. The van der Waals surface area contributed by atoms with E-state index < -0.39 is 34.7 Å². The van der Waals surface area contributed by atoms with Gasteiger partial charge in [-0.25, -0.2) is 13.2 Å². The van der Waals surface area contributed by atoms with Crippen molar-refractivity contribution in [1.29, 1.82) is 5.26 Å². The zero-order valence-electron chi connectivity index (χ0n) is 11.0. The highest BCUT2D eigenvalue weighted by Gasteiger charge is 2.26. The second-order valence-electron chi connectivity index (χ2n) is 4.56. The molecule has 2 nitrogen and oxygen atoms in total. The predicted octanol–water partition coefficient (Wildman–Crippen LogP) is 3.90. The Bertz CT molecular complexity index is 732. The topological polar surface area (TPSA) is 40.9 Å². The number of halogens is 3. The quantitative estimate of drug-likeness (QED) is 0.635. The number of benzene rings is 2. The normalized spacial score (nSPS) is 11.8. The average molecular weight is 289 g/mol. The van der Waals surface area contributed by atoms with Crippen LogP contribution in [0.15, 0.2) is 36.4 Å². The molecule has 5 heteroatoms. The zero-order chi connectivity index (χ0) is 15.6. The first-order valence-corrected chi connectivity index (χ1v) is 6.09. The molecule has 1 atom stereocenters. The van der Waals surface area contributed by atoms with Crippen molar-refractivity contribution in [2.75, 3.05) is 0 Å². The van der Waals surface area contributed by atoms with Crippen molar-refractivity contribution in [3.05, 3.63) is 70.5 Å². The summed E-state index contributed by atoms with van der Waals surface area (Å²) in [5.74, 6) is -6.86. The van der Waals surface area contributed by atoms with Crippen molar-refractivity contribution in [3.8, 4) is 6.07 Å². The molecule has 2 rings (SSSR count). The molecule has 0 fully saturated rings. The van der Waals surface area contributed by atoms with Gasteiger partial charge >= 0.3 is 0 Å².